The molecule has 3 aliphatic heterocycles. The first-order chi connectivity index (χ1) is 19.0. The van der Waals surface area contributed by atoms with Crippen LogP contribution in [0.2, 0.25) is 0 Å². The first-order valence-corrected chi connectivity index (χ1v) is 15.1. The summed E-state index contributed by atoms with van der Waals surface area (Å²) in [4.78, 5) is 45.9. The predicted molar refractivity (Wildman–Crippen MR) is 156 cm³/mol. The molecule has 3 unspecified atom stereocenters. The van der Waals surface area contributed by atoms with Crippen LogP contribution in [0.3, 0.4) is 0 Å². The van der Waals surface area contributed by atoms with Gasteiger partial charge in [-0.15, -0.1) is 0 Å². The van der Waals surface area contributed by atoms with Crippen molar-refractivity contribution in [1.82, 2.24) is 10.2 Å². The van der Waals surface area contributed by atoms with E-state index in [1.165, 1.54) is 0 Å². The second kappa shape index (κ2) is 11.7. The molecule has 40 heavy (non-hydrogen) atoms. The maximum atomic E-state index is 14.4. The first-order valence-electron chi connectivity index (χ1n) is 15.1. The first kappa shape index (κ1) is 30.3. The molecule has 0 aliphatic carbocycles. The largest absolute Gasteiger partial charge is 0.394 e. The number of nitrogens with one attached hydrogen (secondary N) is 2. The van der Waals surface area contributed by atoms with E-state index in [9.17, 15) is 19.5 Å². The second-order valence-corrected chi connectivity index (χ2v) is 12.1. The monoisotopic (exact) mass is 556 g/mol. The zero-order chi connectivity index (χ0) is 29.4. The zero-order valence-electron chi connectivity index (χ0n) is 25.2. The van der Waals surface area contributed by atoms with Gasteiger partial charge < -0.3 is 30.3 Å². The smallest absolute Gasteiger partial charge is 0.250 e. The normalized spacial score (nSPS) is 32.1. The standard InChI is InChI=1S/C31H48N4O5/c1-8-16-32-27(37)24-25-29(39)35(23(18-36)19(5)9-2)26(31(25)17-20(6)30(24,7)40-31)28(38)33-21-12-14-22(15-13-21)34(10-3)11-4/h12-15,19-20,23-26,36H,8-11,16-18H2,1-7H3,(H,32,37)(H,33,38)/t19-,20?,23-,24+,25-,26?,30-,31?/m0/s1. The Bertz CT molecular complexity index is 1090. The van der Waals surface area contributed by atoms with Gasteiger partial charge >= 0.3 is 0 Å². The second-order valence-electron chi connectivity index (χ2n) is 12.1. The highest BCUT2D eigenvalue weighted by Gasteiger charge is 2.80. The van der Waals surface area contributed by atoms with Gasteiger partial charge in [-0.1, -0.05) is 34.1 Å². The fraction of sp³-hybridized carbons (Fsp3) is 0.710. The molecule has 0 radical (unpaired) electrons. The zero-order valence-corrected chi connectivity index (χ0v) is 25.2. The molecule has 3 N–H and O–H groups in total. The Morgan fingerprint density at radius 2 is 1.80 bits per heavy atom. The van der Waals surface area contributed by atoms with Crippen molar-refractivity contribution < 1.29 is 24.2 Å². The average molecular weight is 557 g/mol. The van der Waals surface area contributed by atoms with Gasteiger partial charge in [-0.2, -0.15) is 0 Å². The van der Waals surface area contributed by atoms with Crippen LogP contribution in [-0.4, -0.2) is 77.3 Å². The topological polar surface area (TPSA) is 111 Å². The number of aliphatic hydroxyl groups excluding tert-OH is 1. The van der Waals surface area contributed by atoms with Gasteiger partial charge in [0, 0.05) is 31.0 Å². The van der Waals surface area contributed by atoms with Crippen molar-refractivity contribution in [3.05, 3.63) is 24.3 Å². The lowest BCUT2D eigenvalue weighted by Gasteiger charge is -2.39. The van der Waals surface area contributed by atoms with Crippen LogP contribution >= 0.6 is 0 Å². The van der Waals surface area contributed by atoms with E-state index in [4.69, 9.17) is 4.74 Å². The summed E-state index contributed by atoms with van der Waals surface area (Å²) >= 11 is 0. The van der Waals surface area contributed by atoms with Gasteiger partial charge in [0.15, 0.2) is 0 Å². The number of hydrogen-bond acceptors (Lipinski definition) is 6. The van der Waals surface area contributed by atoms with Gasteiger partial charge in [-0.3, -0.25) is 14.4 Å². The summed E-state index contributed by atoms with van der Waals surface area (Å²) in [7, 11) is 0. The average Bonchev–Trinajstić information content (AvgIpc) is 3.46. The molecule has 3 aliphatic rings. The third kappa shape index (κ3) is 4.69. The van der Waals surface area contributed by atoms with Gasteiger partial charge in [0.25, 0.3) is 0 Å². The molecule has 8 atom stereocenters. The number of ether oxygens (including phenoxy) is 1. The van der Waals surface area contributed by atoms with E-state index in [0.29, 0.717) is 18.7 Å². The summed E-state index contributed by atoms with van der Waals surface area (Å²) in [6.45, 7) is 16.1. The maximum Gasteiger partial charge on any atom is 0.250 e. The third-order valence-corrected chi connectivity index (χ3v) is 9.94. The molecular weight excluding hydrogens is 508 g/mol. The van der Waals surface area contributed by atoms with E-state index in [-0.39, 0.29) is 36.2 Å². The van der Waals surface area contributed by atoms with E-state index in [2.05, 4.69) is 29.4 Å². The van der Waals surface area contributed by atoms with Gasteiger partial charge in [-0.25, -0.2) is 0 Å². The van der Waals surface area contributed by atoms with E-state index in [0.717, 1.165) is 31.6 Å². The lowest BCUT2D eigenvalue weighted by molar-refractivity contribution is -0.150. The SMILES string of the molecule is CCCNC(=O)[C@H]1[C@H]2C(=O)N([C@@H](CO)[C@@H](C)CC)C(C(=O)Nc3ccc(N(CC)CC)cc3)C23CC(C)[C@]1(C)O3. The number of amides is 3. The fourth-order valence-electron chi connectivity index (χ4n) is 7.46. The number of rotatable bonds is 12. The molecule has 222 valence electrons. The molecule has 1 spiro atoms. The van der Waals surface area contributed by atoms with Crippen molar-refractivity contribution in [2.45, 2.75) is 91.0 Å². The number of benzene rings is 1. The van der Waals surface area contributed by atoms with Crippen LogP contribution in [0, 0.1) is 23.7 Å². The molecule has 2 bridgehead atoms. The maximum absolute atomic E-state index is 14.4. The number of fused-ring (bicyclic) bond motifs is 1. The van der Waals surface area contributed by atoms with E-state index < -0.39 is 35.1 Å². The molecule has 1 aromatic rings. The molecule has 0 aromatic heterocycles. The Kier molecular flexibility index (Phi) is 8.85. The van der Waals surface area contributed by atoms with Crippen LogP contribution in [0.4, 0.5) is 11.4 Å². The van der Waals surface area contributed by atoms with E-state index in [1.807, 2.05) is 58.9 Å². The molecule has 3 saturated heterocycles. The van der Waals surface area contributed by atoms with Crippen molar-refractivity contribution >= 4 is 29.1 Å². The summed E-state index contributed by atoms with van der Waals surface area (Å²) < 4.78 is 6.78. The fourth-order valence-corrected chi connectivity index (χ4v) is 7.46. The predicted octanol–water partition coefficient (Wildman–Crippen LogP) is 3.42. The summed E-state index contributed by atoms with van der Waals surface area (Å²) in [5.74, 6) is -2.40. The molecule has 3 amide bonds. The van der Waals surface area contributed by atoms with E-state index in [1.54, 1.807) is 4.90 Å². The van der Waals surface area contributed by atoms with Crippen molar-refractivity contribution in [3.8, 4) is 0 Å². The number of anilines is 2. The third-order valence-electron chi connectivity index (χ3n) is 9.94. The van der Waals surface area contributed by atoms with Crippen LogP contribution in [0.25, 0.3) is 0 Å². The molecule has 9 nitrogen and oxygen atoms in total. The quantitative estimate of drug-likeness (QED) is 0.364. The Morgan fingerprint density at radius 1 is 1.15 bits per heavy atom. The van der Waals surface area contributed by atoms with Gasteiger partial charge in [0.05, 0.1) is 30.1 Å². The number of aliphatic hydroxyl groups is 1. The molecule has 3 heterocycles. The highest BCUT2D eigenvalue weighted by atomic mass is 16.5. The van der Waals surface area contributed by atoms with Crippen molar-refractivity contribution in [2.75, 3.05) is 36.5 Å². The van der Waals surface area contributed by atoms with Gasteiger partial charge in [0.2, 0.25) is 17.7 Å². The summed E-state index contributed by atoms with van der Waals surface area (Å²) in [6, 6.07) is 6.17. The van der Waals surface area contributed by atoms with E-state index >= 15 is 0 Å². The lowest BCUT2D eigenvalue weighted by atomic mass is 9.62. The Morgan fingerprint density at radius 3 is 2.35 bits per heavy atom. The summed E-state index contributed by atoms with van der Waals surface area (Å²) in [5.41, 5.74) is -0.316. The van der Waals surface area contributed by atoms with Crippen molar-refractivity contribution in [3.63, 3.8) is 0 Å². The Hall–Kier alpha value is -2.65. The Balaban J connectivity index is 1.75. The summed E-state index contributed by atoms with van der Waals surface area (Å²) in [6.07, 6.45) is 2.00. The minimum atomic E-state index is -1.15. The van der Waals surface area contributed by atoms with Gasteiger partial charge in [-0.05, 0) is 69.7 Å². The van der Waals surface area contributed by atoms with Crippen LogP contribution in [0.1, 0.15) is 67.7 Å². The minimum Gasteiger partial charge on any atom is -0.394 e. The number of hydrogen-bond donors (Lipinski definition) is 3. The number of likely N-dealkylation sites (tertiary alicyclic amines) is 1. The van der Waals surface area contributed by atoms with Crippen molar-refractivity contribution in [1.29, 1.82) is 0 Å². The highest BCUT2D eigenvalue weighted by molar-refractivity contribution is 6.04. The molecule has 4 rings (SSSR count). The van der Waals surface area contributed by atoms with Gasteiger partial charge in [0.1, 0.15) is 11.6 Å². The molecular formula is C31H48N4O5. The number of carbonyl (C=O) groups is 3. The van der Waals surface area contributed by atoms with Crippen LogP contribution < -0.4 is 15.5 Å². The van der Waals surface area contributed by atoms with Crippen LogP contribution in [0.15, 0.2) is 24.3 Å². The Labute approximate surface area is 239 Å². The summed E-state index contributed by atoms with van der Waals surface area (Å²) in [5, 5.41) is 16.5. The number of carbonyl (C=O) groups excluding carboxylic acids is 3. The van der Waals surface area contributed by atoms with Crippen LogP contribution in [0.5, 0.6) is 0 Å². The number of nitrogens with zero attached hydrogens (tertiary/aromatic N) is 2. The molecule has 1 aromatic carbocycles. The molecule has 3 fully saturated rings. The highest BCUT2D eigenvalue weighted by Crippen LogP contribution is 2.65. The molecule has 9 heteroatoms. The minimum absolute atomic E-state index is 0.0336. The van der Waals surface area contributed by atoms with Crippen molar-refractivity contribution in [2.24, 2.45) is 23.7 Å². The lowest BCUT2D eigenvalue weighted by Crippen LogP contribution is -2.57. The van der Waals surface area contributed by atoms with Crippen LogP contribution in [-0.2, 0) is 19.1 Å². The molecule has 0 saturated carbocycles.